The van der Waals surface area contributed by atoms with E-state index < -0.39 is 5.91 Å². The number of rotatable bonds is 6. The first-order valence-corrected chi connectivity index (χ1v) is 8.26. The number of amides is 2. The molecule has 2 aromatic carbocycles. The molecular formula is C19H18N4O3. The van der Waals surface area contributed by atoms with Crippen LogP contribution >= 0.6 is 0 Å². The van der Waals surface area contributed by atoms with E-state index >= 15 is 0 Å². The van der Waals surface area contributed by atoms with Gasteiger partial charge in [0.2, 0.25) is 11.8 Å². The smallest absolute Gasteiger partial charge is 0.322 e. The van der Waals surface area contributed by atoms with Crippen LogP contribution in [0.4, 0.5) is 11.7 Å². The van der Waals surface area contributed by atoms with Gasteiger partial charge >= 0.3 is 6.01 Å². The van der Waals surface area contributed by atoms with Crippen molar-refractivity contribution in [1.29, 1.82) is 0 Å². The van der Waals surface area contributed by atoms with E-state index in [1.807, 2.05) is 37.3 Å². The highest BCUT2D eigenvalue weighted by atomic mass is 16.4. The zero-order valence-electron chi connectivity index (χ0n) is 14.2. The van der Waals surface area contributed by atoms with E-state index in [0.717, 1.165) is 12.0 Å². The van der Waals surface area contributed by atoms with Gasteiger partial charge in [-0.2, -0.15) is 0 Å². The summed E-state index contributed by atoms with van der Waals surface area (Å²) in [4.78, 5) is 24.4. The summed E-state index contributed by atoms with van der Waals surface area (Å²) in [6.07, 6.45) is 1.12. The van der Waals surface area contributed by atoms with Gasteiger partial charge in [-0.05, 0) is 30.7 Å². The normalized spacial score (nSPS) is 10.3. The molecule has 0 atom stereocenters. The molecule has 3 aromatic rings. The maximum atomic E-state index is 12.5. The number of carbonyl (C=O) groups excluding carboxylic acids is 2. The summed E-state index contributed by atoms with van der Waals surface area (Å²) in [6, 6.07) is 16.0. The summed E-state index contributed by atoms with van der Waals surface area (Å²) in [5, 5.41) is 13.1. The summed E-state index contributed by atoms with van der Waals surface area (Å²) in [7, 11) is 0. The van der Waals surface area contributed by atoms with Crippen molar-refractivity contribution < 1.29 is 14.0 Å². The number of nitrogens with zero attached hydrogens (tertiary/aromatic N) is 2. The molecule has 0 saturated heterocycles. The van der Waals surface area contributed by atoms with Gasteiger partial charge < -0.3 is 9.73 Å². The van der Waals surface area contributed by atoms with Gasteiger partial charge in [-0.3, -0.25) is 14.9 Å². The fourth-order valence-corrected chi connectivity index (χ4v) is 2.37. The summed E-state index contributed by atoms with van der Waals surface area (Å²) in [6.45, 7) is 1.91. The summed E-state index contributed by atoms with van der Waals surface area (Å²) in [5.41, 5.74) is 1.51. The maximum absolute atomic E-state index is 12.5. The molecular weight excluding hydrogens is 332 g/mol. The fraction of sp³-hybridized carbons (Fsp3) is 0.158. The van der Waals surface area contributed by atoms with Crippen molar-refractivity contribution in [2.45, 2.75) is 19.8 Å². The molecule has 0 fully saturated rings. The summed E-state index contributed by atoms with van der Waals surface area (Å²) < 4.78 is 5.48. The SMILES string of the molecule is CCCC(=O)Nc1ccccc1C(=O)Nc1nnc(-c2ccccc2)o1. The number of hydrogen-bond acceptors (Lipinski definition) is 5. The molecule has 0 aliphatic carbocycles. The van der Waals surface area contributed by atoms with Crippen LogP contribution in [0.3, 0.4) is 0 Å². The van der Waals surface area contributed by atoms with Crippen LogP contribution in [0.1, 0.15) is 30.1 Å². The molecule has 2 amide bonds. The molecule has 2 N–H and O–H groups in total. The van der Waals surface area contributed by atoms with E-state index in [4.69, 9.17) is 4.42 Å². The Bertz CT molecular complexity index is 906. The van der Waals surface area contributed by atoms with Gasteiger partial charge in [0.25, 0.3) is 5.91 Å². The van der Waals surface area contributed by atoms with Crippen LogP contribution in [0, 0.1) is 0 Å². The quantitative estimate of drug-likeness (QED) is 0.706. The highest BCUT2D eigenvalue weighted by Gasteiger charge is 2.16. The Hall–Kier alpha value is -3.48. The molecule has 7 heteroatoms. The second-order valence-corrected chi connectivity index (χ2v) is 5.58. The lowest BCUT2D eigenvalue weighted by molar-refractivity contribution is -0.116. The van der Waals surface area contributed by atoms with Crippen molar-refractivity contribution in [3.05, 3.63) is 60.2 Å². The third-order valence-electron chi connectivity index (χ3n) is 3.59. The highest BCUT2D eigenvalue weighted by Crippen LogP contribution is 2.21. The molecule has 3 rings (SSSR count). The van der Waals surface area contributed by atoms with E-state index in [1.165, 1.54) is 0 Å². The van der Waals surface area contributed by atoms with Gasteiger partial charge in [0.15, 0.2) is 0 Å². The second-order valence-electron chi connectivity index (χ2n) is 5.58. The second kappa shape index (κ2) is 8.06. The Morgan fingerprint density at radius 2 is 1.69 bits per heavy atom. The van der Waals surface area contributed by atoms with Crippen LogP contribution in [0.15, 0.2) is 59.0 Å². The Kier molecular flexibility index (Phi) is 5.38. The number of benzene rings is 2. The Morgan fingerprint density at radius 3 is 2.46 bits per heavy atom. The lowest BCUT2D eigenvalue weighted by atomic mass is 10.1. The molecule has 0 aliphatic rings. The molecule has 0 bridgehead atoms. The monoisotopic (exact) mass is 350 g/mol. The largest absolute Gasteiger partial charge is 0.403 e. The Balaban J connectivity index is 1.75. The average Bonchev–Trinajstić information content (AvgIpc) is 3.11. The number of nitrogens with one attached hydrogen (secondary N) is 2. The number of hydrogen-bond donors (Lipinski definition) is 2. The number of aromatic nitrogens is 2. The standard InChI is InChI=1S/C19H18N4O3/c1-2-8-16(24)20-15-12-7-6-11-14(15)17(25)21-19-23-22-18(26-19)13-9-4-3-5-10-13/h3-7,9-12H,2,8H2,1H3,(H,20,24)(H,21,23,25). The van der Waals surface area contributed by atoms with Crippen LogP contribution in [0.5, 0.6) is 0 Å². The minimum Gasteiger partial charge on any atom is -0.403 e. The highest BCUT2D eigenvalue weighted by molar-refractivity contribution is 6.09. The molecule has 0 spiro atoms. The van der Waals surface area contributed by atoms with Crippen molar-refractivity contribution in [3.8, 4) is 11.5 Å². The number of anilines is 2. The molecule has 1 aromatic heterocycles. The molecule has 1 heterocycles. The molecule has 26 heavy (non-hydrogen) atoms. The van der Waals surface area contributed by atoms with E-state index in [0.29, 0.717) is 23.6 Å². The fourth-order valence-electron chi connectivity index (χ4n) is 2.37. The van der Waals surface area contributed by atoms with Gasteiger partial charge in [-0.25, -0.2) is 0 Å². The molecule has 0 radical (unpaired) electrons. The zero-order chi connectivity index (χ0) is 18.4. The Morgan fingerprint density at radius 1 is 0.962 bits per heavy atom. The minimum atomic E-state index is -0.444. The van der Waals surface area contributed by atoms with Crippen LogP contribution in [-0.4, -0.2) is 22.0 Å². The van der Waals surface area contributed by atoms with Gasteiger partial charge in [-0.15, -0.1) is 5.10 Å². The van der Waals surface area contributed by atoms with Crippen LogP contribution in [0.25, 0.3) is 11.5 Å². The van der Waals surface area contributed by atoms with Crippen molar-refractivity contribution in [2.75, 3.05) is 10.6 Å². The van der Waals surface area contributed by atoms with Gasteiger partial charge in [-0.1, -0.05) is 42.4 Å². The van der Waals surface area contributed by atoms with Crippen molar-refractivity contribution >= 4 is 23.5 Å². The molecule has 0 aliphatic heterocycles. The molecule has 7 nitrogen and oxygen atoms in total. The van der Waals surface area contributed by atoms with Crippen LogP contribution in [0.2, 0.25) is 0 Å². The molecule has 0 unspecified atom stereocenters. The zero-order valence-corrected chi connectivity index (χ0v) is 14.2. The third-order valence-corrected chi connectivity index (χ3v) is 3.59. The predicted molar refractivity (Wildman–Crippen MR) is 97.7 cm³/mol. The van der Waals surface area contributed by atoms with Crippen LogP contribution < -0.4 is 10.6 Å². The number of carbonyl (C=O) groups is 2. The van der Waals surface area contributed by atoms with Crippen LogP contribution in [-0.2, 0) is 4.79 Å². The van der Waals surface area contributed by atoms with Gasteiger partial charge in [0.05, 0.1) is 11.3 Å². The average molecular weight is 350 g/mol. The van der Waals surface area contributed by atoms with Gasteiger partial charge in [0, 0.05) is 12.0 Å². The van der Waals surface area contributed by atoms with E-state index in [9.17, 15) is 9.59 Å². The van der Waals surface area contributed by atoms with E-state index in [-0.39, 0.29) is 11.9 Å². The first kappa shape index (κ1) is 17.3. The first-order chi connectivity index (χ1) is 12.7. The molecule has 0 saturated carbocycles. The summed E-state index contributed by atoms with van der Waals surface area (Å²) in [5.74, 6) is -0.275. The number of para-hydroxylation sites is 1. The van der Waals surface area contributed by atoms with Crippen molar-refractivity contribution in [2.24, 2.45) is 0 Å². The summed E-state index contributed by atoms with van der Waals surface area (Å²) >= 11 is 0. The maximum Gasteiger partial charge on any atom is 0.322 e. The lowest BCUT2D eigenvalue weighted by Gasteiger charge is -2.09. The topological polar surface area (TPSA) is 97.1 Å². The third kappa shape index (κ3) is 4.13. The lowest BCUT2D eigenvalue weighted by Crippen LogP contribution is -2.18. The van der Waals surface area contributed by atoms with E-state index in [1.54, 1.807) is 24.3 Å². The predicted octanol–water partition coefficient (Wildman–Crippen LogP) is 3.73. The molecule has 132 valence electrons. The first-order valence-electron chi connectivity index (χ1n) is 8.26. The van der Waals surface area contributed by atoms with E-state index in [2.05, 4.69) is 20.8 Å². The van der Waals surface area contributed by atoms with Crippen molar-refractivity contribution in [3.63, 3.8) is 0 Å². The van der Waals surface area contributed by atoms with Gasteiger partial charge in [0.1, 0.15) is 0 Å². The Labute approximate surface area is 150 Å². The van der Waals surface area contributed by atoms with Crippen molar-refractivity contribution in [1.82, 2.24) is 10.2 Å². The minimum absolute atomic E-state index is 0.0106.